The van der Waals surface area contributed by atoms with Gasteiger partial charge in [-0.3, -0.25) is 0 Å². The maximum absolute atomic E-state index is 2.35. The second-order valence-electron chi connectivity index (χ2n) is 20.0. The zero-order chi connectivity index (χ0) is 65.7. The Balaban J connectivity index is 0. The van der Waals surface area contributed by atoms with Crippen LogP contribution < -0.4 is 0 Å². The summed E-state index contributed by atoms with van der Waals surface area (Å²) >= 11 is 0. The van der Waals surface area contributed by atoms with Gasteiger partial charge in [-0.25, -0.2) is 0 Å². The number of fused-ring (bicyclic) bond motifs is 6. The fourth-order valence-corrected chi connectivity index (χ4v) is 10.6. The number of hydrogen-bond acceptors (Lipinski definition) is 2. The molecule has 0 aliphatic heterocycles. The van der Waals surface area contributed by atoms with Gasteiger partial charge >= 0.3 is 0 Å². The highest BCUT2D eigenvalue weighted by Gasteiger charge is 2.44. The van der Waals surface area contributed by atoms with Crippen LogP contribution in [0.5, 0.6) is 0 Å². The van der Waals surface area contributed by atoms with Crippen molar-refractivity contribution in [2.24, 2.45) is 0 Å². The molecule has 0 unspecified atom stereocenters. The highest BCUT2D eigenvalue weighted by molar-refractivity contribution is 5.82. The summed E-state index contributed by atoms with van der Waals surface area (Å²) in [5.74, 6) is 0. The third-order valence-electron chi connectivity index (χ3n) is 14.9. The van der Waals surface area contributed by atoms with E-state index < -0.39 is 0 Å². The lowest BCUT2D eigenvalue weighted by Gasteiger charge is -2.33. The lowest BCUT2D eigenvalue weighted by molar-refractivity contribution is 0.373. The summed E-state index contributed by atoms with van der Waals surface area (Å²) in [6.07, 6.45) is 4.04. The van der Waals surface area contributed by atoms with Gasteiger partial charge in [0, 0.05) is 10.8 Å². The first-order chi connectivity index (χ1) is 41.9. The molecule has 0 fully saturated rings. The first-order valence-electron chi connectivity index (χ1n) is 33.9. The molecule has 2 aliphatic carbocycles. The molecule has 472 valence electrons. The van der Waals surface area contributed by atoms with Crippen molar-refractivity contribution in [1.29, 1.82) is 0 Å². The molecule has 0 saturated carbocycles. The summed E-state index contributed by atoms with van der Waals surface area (Å²) in [7, 11) is 4.22. The minimum Gasteiger partial charge on any atom is -0.307 e. The van der Waals surface area contributed by atoms with Crippen molar-refractivity contribution in [2.45, 2.75) is 203 Å². The average Bonchev–Trinajstić information content (AvgIpc) is 1.76. The van der Waals surface area contributed by atoms with Gasteiger partial charge in [0.2, 0.25) is 0 Å². The lowest BCUT2D eigenvalue weighted by Crippen LogP contribution is -2.31. The second-order valence-corrected chi connectivity index (χ2v) is 20.0. The lowest BCUT2D eigenvalue weighted by atomic mass is 9.69. The summed E-state index contributed by atoms with van der Waals surface area (Å²) in [6.45, 7) is 54.0. The third-order valence-corrected chi connectivity index (χ3v) is 14.9. The molecule has 2 nitrogen and oxygen atoms in total. The number of rotatable bonds is 12. The van der Waals surface area contributed by atoms with Gasteiger partial charge in [0.05, 0.1) is 0 Å². The van der Waals surface area contributed by atoms with Gasteiger partial charge in [0.1, 0.15) is 0 Å². The summed E-state index contributed by atoms with van der Waals surface area (Å²) in [5.41, 5.74) is 22.2. The quantitative estimate of drug-likeness (QED) is 0.120. The van der Waals surface area contributed by atoms with E-state index in [9.17, 15) is 0 Å². The topological polar surface area (TPSA) is 6.48 Å². The van der Waals surface area contributed by atoms with Crippen molar-refractivity contribution < 1.29 is 0 Å². The van der Waals surface area contributed by atoms with Crippen LogP contribution in [0.15, 0.2) is 194 Å². The Hall–Kier alpha value is -6.32. The summed E-state index contributed by atoms with van der Waals surface area (Å²) in [6, 6.07) is 72.2. The van der Waals surface area contributed by atoms with E-state index in [1.165, 1.54) is 89.0 Å². The first kappa shape index (κ1) is 81.7. The zero-order valence-corrected chi connectivity index (χ0v) is 60.0. The fraction of sp³-hybridized carbons (Fsp3) is 0.429. The molecule has 10 rings (SSSR count). The highest BCUT2D eigenvalue weighted by Crippen LogP contribution is 2.53. The molecular formula is C84H126N2. The average molecular weight is 1160 g/mol. The van der Waals surface area contributed by atoms with Gasteiger partial charge < -0.3 is 9.80 Å². The predicted molar refractivity (Wildman–Crippen MR) is 393 cm³/mol. The van der Waals surface area contributed by atoms with Gasteiger partial charge in [-0.05, 0) is 160 Å². The number of nitrogens with zero attached hydrogens (tertiary/aromatic N) is 2. The zero-order valence-electron chi connectivity index (χ0n) is 60.0. The smallest absolute Gasteiger partial charge is 0.0295 e. The maximum Gasteiger partial charge on any atom is 0.0295 e. The van der Waals surface area contributed by atoms with Crippen LogP contribution in [0.2, 0.25) is 0 Å². The van der Waals surface area contributed by atoms with Crippen LogP contribution in [-0.4, -0.2) is 50.1 Å². The molecule has 86 heavy (non-hydrogen) atoms. The Kier molecular flexibility index (Phi) is 45.4. The number of aryl methyl sites for hydroxylation is 4. The van der Waals surface area contributed by atoms with Crippen LogP contribution in [0.1, 0.15) is 205 Å². The molecule has 2 aliphatic rings. The minimum absolute atomic E-state index is 0.0439. The maximum atomic E-state index is 2.35. The highest BCUT2D eigenvalue weighted by atomic mass is 15.1. The van der Waals surface area contributed by atoms with E-state index in [2.05, 4.69) is 273 Å². The summed E-state index contributed by atoms with van der Waals surface area (Å²) < 4.78 is 0. The van der Waals surface area contributed by atoms with E-state index in [4.69, 9.17) is 0 Å². The first-order valence-corrected chi connectivity index (χ1v) is 33.9. The standard InChI is InChI=1S/2C29H26.2C5H13N.8C2H6/c1-21-9-7-11-23(17-21)19-29(20-24-12-8-10-22(2)18-24)27-15-5-3-13-25(27)26-14-4-6-16-28(26)29;1-21-11-15-23(16-12-21)19-29(20-24-17-13-22(2)14-18-24)27-9-5-3-7-25(27)26-8-4-6-10-28(26)29;2*1-4-6(3)5-2;8*1-2/h2*3-18H,19-20H2,1-2H3;2*4-5H2,1-3H3;8*1-2H3. The Labute approximate surface area is 533 Å². The molecule has 0 aromatic heterocycles. The Morgan fingerprint density at radius 2 is 0.465 bits per heavy atom. The van der Waals surface area contributed by atoms with Crippen molar-refractivity contribution in [3.63, 3.8) is 0 Å². The van der Waals surface area contributed by atoms with E-state index in [1.807, 2.05) is 111 Å². The summed E-state index contributed by atoms with van der Waals surface area (Å²) in [4.78, 5) is 4.50. The van der Waals surface area contributed by atoms with E-state index >= 15 is 0 Å². The molecule has 0 N–H and O–H groups in total. The third kappa shape index (κ3) is 24.1. The van der Waals surface area contributed by atoms with Crippen molar-refractivity contribution in [1.82, 2.24) is 9.80 Å². The SMILES string of the molecule is CC.CC.CC.CC.CC.CC.CC.CC.CCN(C)CC.CCN(C)CC.Cc1ccc(CC2(Cc3ccc(C)cc3)c3ccccc3-c3ccccc32)cc1.Cc1cccc(CC2(Cc3cccc(C)c3)c3ccccc3-c3ccccc32)c1. The van der Waals surface area contributed by atoms with Gasteiger partial charge in [0.25, 0.3) is 0 Å². The minimum atomic E-state index is -0.0469. The van der Waals surface area contributed by atoms with Gasteiger partial charge in [0.15, 0.2) is 0 Å². The van der Waals surface area contributed by atoms with Crippen LogP contribution >= 0.6 is 0 Å². The molecule has 2 heteroatoms. The monoisotopic (exact) mass is 1160 g/mol. The van der Waals surface area contributed by atoms with Crippen LogP contribution in [-0.2, 0) is 36.5 Å². The van der Waals surface area contributed by atoms with Crippen LogP contribution in [0.25, 0.3) is 22.3 Å². The fourth-order valence-electron chi connectivity index (χ4n) is 10.6. The largest absolute Gasteiger partial charge is 0.307 e. The van der Waals surface area contributed by atoms with E-state index in [1.54, 1.807) is 0 Å². The van der Waals surface area contributed by atoms with Gasteiger partial charge in [-0.1, -0.05) is 355 Å². The molecule has 0 spiro atoms. The molecule has 0 saturated heterocycles. The molecular weight excluding hydrogens is 1040 g/mol. The van der Waals surface area contributed by atoms with Crippen molar-refractivity contribution in [2.75, 3.05) is 40.3 Å². The molecule has 0 radical (unpaired) electrons. The molecule has 8 aromatic carbocycles. The van der Waals surface area contributed by atoms with E-state index in [0.29, 0.717) is 0 Å². The normalized spacial score (nSPS) is 11.2. The predicted octanol–water partition coefficient (Wildman–Crippen LogP) is 24.2. The summed E-state index contributed by atoms with van der Waals surface area (Å²) in [5, 5.41) is 0. The van der Waals surface area contributed by atoms with Crippen molar-refractivity contribution in [3.8, 4) is 22.3 Å². The molecule has 0 bridgehead atoms. The molecule has 8 aromatic rings. The van der Waals surface area contributed by atoms with E-state index in [0.717, 1.165) is 51.9 Å². The van der Waals surface area contributed by atoms with Crippen molar-refractivity contribution in [3.05, 3.63) is 261 Å². The van der Waals surface area contributed by atoms with E-state index in [-0.39, 0.29) is 10.8 Å². The molecule has 0 atom stereocenters. The Morgan fingerprint density at radius 3 is 0.674 bits per heavy atom. The Morgan fingerprint density at radius 1 is 0.244 bits per heavy atom. The van der Waals surface area contributed by atoms with Crippen LogP contribution in [0, 0.1) is 27.7 Å². The second kappa shape index (κ2) is 47.8. The van der Waals surface area contributed by atoms with Crippen LogP contribution in [0.3, 0.4) is 0 Å². The molecule has 0 heterocycles. The van der Waals surface area contributed by atoms with Crippen LogP contribution in [0.4, 0.5) is 0 Å². The number of hydrogen-bond donors (Lipinski definition) is 0. The molecule has 0 amide bonds. The number of benzene rings is 8. The Bertz CT molecular complexity index is 2700. The van der Waals surface area contributed by atoms with Gasteiger partial charge in [-0.2, -0.15) is 0 Å². The van der Waals surface area contributed by atoms with Crippen molar-refractivity contribution >= 4 is 0 Å². The van der Waals surface area contributed by atoms with Gasteiger partial charge in [-0.15, -0.1) is 0 Å².